The molecule has 4 rings (SSSR count). The first-order valence-corrected chi connectivity index (χ1v) is 11.2. The maximum Gasteiger partial charge on any atom is 0.200 e. The zero-order valence-electron chi connectivity index (χ0n) is 14.3. The molecule has 3 aromatic heterocycles. The Balaban J connectivity index is 1.61. The van der Waals surface area contributed by atoms with Crippen LogP contribution in [-0.2, 0) is 6.54 Å². The third-order valence-corrected chi connectivity index (χ3v) is 6.54. The predicted octanol–water partition coefficient (Wildman–Crippen LogP) is 6.04. The van der Waals surface area contributed by atoms with Crippen molar-refractivity contribution in [1.82, 2.24) is 14.8 Å². The summed E-state index contributed by atoms with van der Waals surface area (Å²) in [4.78, 5) is 13.1. The Morgan fingerprint density at radius 2 is 1.96 bits per heavy atom. The molecule has 0 bridgehead atoms. The molecule has 0 atom stereocenters. The molecule has 0 aliphatic rings. The van der Waals surface area contributed by atoms with E-state index in [0.717, 1.165) is 5.56 Å². The lowest BCUT2D eigenvalue weighted by Crippen LogP contribution is -2.06. The lowest BCUT2D eigenvalue weighted by Gasteiger charge is -2.09. The van der Waals surface area contributed by atoms with Gasteiger partial charge in [0.05, 0.1) is 21.5 Å². The molecule has 5 nitrogen and oxygen atoms in total. The van der Waals surface area contributed by atoms with Crippen molar-refractivity contribution >= 4 is 56.4 Å². The Kier molecular flexibility index (Phi) is 6.01. The second kappa shape index (κ2) is 8.65. The molecule has 4 aromatic rings. The Hall–Kier alpha value is -1.87. The van der Waals surface area contributed by atoms with Gasteiger partial charge in [0.1, 0.15) is 0 Å². The Morgan fingerprint density at radius 1 is 1.14 bits per heavy atom. The zero-order chi connectivity index (χ0) is 19.5. The topological polar surface area (TPSA) is 60.9 Å². The number of thioether (sulfide) groups is 1. The number of aromatic nitrogens is 3. The molecule has 9 heteroatoms. The molecule has 0 fully saturated rings. The zero-order valence-corrected chi connectivity index (χ0v) is 18.3. The van der Waals surface area contributed by atoms with Crippen molar-refractivity contribution in [3.8, 4) is 11.6 Å². The van der Waals surface area contributed by atoms with Gasteiger partial charge in [-0.2, -0.15) is 0 Å². The number of carbonyl (C=O) groups is 1. The van der Waals surface area contributed by atoms with Crippen LogP contribution in [0.3, 0.4) is 0 Å². The fourth-order valence-corrected chi connectivity index (χ4v) is 4.79. The Morgan fingerprint density at radius 3 is 2.64 bits per heavy atom. The molecule has 142 valence electrons. The van der Waals surface area contributed by atoms with E-state index in [1.807, 2.05) is 47.0 Å². The monoisotopic (exact) mass is 493 g/mol. The molecule has 28 heavy (non-hydrogen) atoms. The lowest BCUT2D eigenvalue weighted by molar-refractivity contribution is 0.102. The highest BCUT2D eigenvalue weighted by molar-refractivity contribution is 9.10. The number of rotatable bonds is 7. The van der Waals surface area contributed by atoms with E-state index in [0.29, 0.717) is 37.2 Å². The van der Waals surface area contributed by atoms with Gasteiger partial charge in [-0.15, -0.1) is 21.5 Å². The summed E-state index contributed by atoms with van der Waals surface area (Å²) in [6.07, 6.45) is 0. The average molecular weight is 495 g/mol. The highest BCUT2D eigenvalue weighted by atomic mass is 79.9. The van der Waals surface area contributed by atoms with Crippen LogP contribution in [0.1, 0.15) is 15.2 Å². The number of nitrogens with zero attached hydrogens (tertiary/aromatic N) is 3. The highest BCUT2D eigenvalue weighted by Gasteiger charge is 2.19. The lowest BCUT2D eigenvalue weighted by atomic mass is 10.2. The average Bonchev–Trinajstić information content (AvgIpc) is 3.41. The van der Waals surface area contributed by atoms with Gasteiger partial charge in [-0.25, -0.2) is 0 Å². The second-order valence-electron chi connectivity index (χ2n) is 5.80. The summed E-state index contributed by atoms with van der Waals surface area (Å²) in [5.41, 5.74) is 1.10. The van der Waals surface area contributed by atoms with Gasteiger partial charge in [-0.3, -0.25) is 9.36 Å². The molecule has 1 aromatic carbocycles. The normalized spacial score (nSPS) is 11.1. The van der Waals surface area contributed by atoms with E-state index in [9.17, 15) is 4.79 Å². The molecule has 0 aliphatic carbocycles. The number of furan rings is 1. The van der Waals surface area contributed by atoms with Gasteiger partial charge in [0.15, 0.2) is 21.4 Å². The minimum absolute atomic E-state index is 0.0125. The van der Waals surface area contributed by atoms with E-state index < -0.39 is 0 Å². The van der Waals surface area contributed by atoms with Crippen LogP contribution in [0.25, 0.3) is 11.6 Å². The molecule has 0 saturated heterocycles. The SMILES string of the molecule is O=C(CSc1nnc(-c2ccc(Br)o2)n1Cc1ccccc1)c1ccc(Cl)s1. The van der Waals surface area contributed by atoms with E-state index in [1.165, 1.54) is 23.1 Å². The number of halogens is 2. The van der Waals surface area contributed by atoms with Crippen LogP contribution >= 0.6 is 50.6 Å². The predicted molar refractivity (Wildman–Crippen MR) is 115 cm³/mol. The van der Waals surface area contributed by atoms with Gasteiger partial charge in [-0.1, -0.05) is 53.7 Å². The van der Waals surface area contributed by atoms with Gasteiger partial charge < -0.3 is 4.42 Å². The number of benzene rings is 1. The molecule has 3 heterocycles. The van der Waals surface area contributed by atoms with Crippen LogP contribution < -0.4 is 0 Å². The molecule has 0 unspecified atom stereocenters. The molecular weight excluding hydrogens is 482 g/mol. The first-order chi connectivity index (χ1) is 13.6. The summed E-state index contributed by atoms with van der Waals surface area (Å²) >= 11 is 11.9. The number of hydrogen-bond acceptors (Lipinski definition) is 6. The van der Waals surface area contributed by atoms with Crippen molar-refractivity contribution < 1.29 is 9.21 Å². The number of ketones is 1. The standard InChI is InChI=1S/C19H13BrClN3O2S2/c20-16-8-6-14(26-16)18-22-23-19(24(18)10-12-4-2-1-3-5-12)27-11-13(25)15-7-9-17(21)28-15/h1-9H,10-11H2. The molecule has 0 N–H and O–H groups in total. The van der Waals surface area contributed by atoms with E-state index in [-0.39, 0.29) is 11.5 Å². The van der Waals surface area contributed by atoms with Gasteiger partial charge in [-0.05, 0) is 45.8 Å². The fraction of sp³-hybridized carbons (Fsp3) is 0.105. The summed E-state index contributed by atoms with van der Waals surface area (Å²) in [6, 6.07) is 17.1. The molecule has 0 amide bonds. The largest absolute Gasteiger partial charge is 0.446 e. The minimum Gasteiger partial charge on any atom is -0.446 e. The Bertz CT molecular complexity index is 1110. The van der Waals surface area contributed by atoms with E-state index >= 15 is 0 Å². The molecule has 0 aliphatic heterocycles. The van der Waals surface area contributed by atoms with Crippen molar-refractivity contribution in [2.24, 2.45) is 0 Å². The number of hydrogen-bond donors (Lipinski definition) is 0. The van der Waals surface area contributed by atoms with Crippen molar-refractivity contribution in [2.45, 2.75) is 11.7 Å². The quantitative estimate of drug-likeness (QED) is 0.231. The van der Waals surface area contributed by atoms with Gasteiger partial charge in [0.25, 0.3) is 0 Å². The Labute approximate surface area is 182 Å². The number of carbonyl (C=O) groups excluding carboxylic acids is 1. The van der Waals surface area contributed by atoms with E-state index in [4.69, 9.17) is 16.0 Å². The first-order valence-electron chi connectivity index (χ1n) is 8.24. The van der Waals surface area contributed by atoms with Crippen molar-refractivity contribution in [3.05, 3.63) is 74.0 Å². The summed E-state index contributed by atoms with van der Waals surface area (Å²) in [5.74, 6) is 1.49. The van der Waals surface area contributed by atoms with Crippen LogP contribution in [0.2, 0.25) is 4.34 Å². The van der Waals surface area contributed by atoms with Gasteiger partial charge in [0, 0.05) is 0 Å². The summed E-state index contributed by atoms with van der Waals surface area (Å²) in [6.45, 7) is 0.572. The maximum atomic E-state index is 12.4. The summed E-state index contributed by atoms with van der Waals surface area (Å²) in [7, 11) is 0. The number of Topliss-reactive ketones (excluding diaryl/α,β-unsaturated/α-hetero) is 1. The first kappa shape index (κ1) is 19.4. The van der Waals surface area contributed by atoms with Crippen LogP contribution in [0, 0.1) is 0 Å². The summed E-state index contributed by atoms with van der Waals surface area (Å²) in [5, 5.41) is 9.25. The molecule has 0 radical (unpaired) electrons. The number of thiophene rings is 1. The molecule has 0 spiro atoms. The van der Waals surface area contributed by atoms with E-state index in [1.54, 1.807) is 12.1 Å². The van der Waals surface area contributed by atoms with Gasteiger partial charge >= 0.3 is 0 Å². The molecule has 0 saturated carbocycles. The molecular formula is C19H13BrClN3O2S2. The van der Waals surface area contributed by atoms with Crippen molar-refractivity contribution in [3.63, 3.8) is 0 Å². The van der Waals surface area contributed by atoms with Crippen LogP contribution in [0.15, 0.2) is 68.8 Å². The van der Waals surface area contributed by atoms with Crippen molar-refractivity contribution in [2.75, 3.05) is 5.75 Å². The van der Waals surface area contributed by atoms with Gasteiger partial charge in [0.2, 0.25) is 5.82 Å². The van der Waals surface area contributed by atoms with Crippen LogP contribution in [0.5, 0.6) is 0 Å². The third kappa shape index (κ3) is 4.41. The highest BCUT2D eigenvalue weighted by Crippen LogP contribution is 2.29. The minimum atomic E-state index is 0.0125. The fourth-order valence-electron chi connectivity index (χ4n) is 2.59. The van der Waals surface area contributed by atoms with Crippen LogP contribution in [-0.4, -0.2) is 26.3 Å². The summed E-state index contributed by atoms with van der Waals surface area (Å²) < 4.78 is 8.85. The maximum absolute atomic E-state index is 12.4. The third-order valence-electron chi connectivity index (χ3n) is 3.87. The van der Waals surface area contributed by atoms with Crippen molar-refractivity contribution in [1.29, 1.82) is 0 Å². The second-order valence-corrected chi connectivity index (χ2v) is 9.24. The smallest absolute Gasteiger partial charge is 0.200 e. The van der Waals surface area contributed by atoms with E-state index in [2.05, 4.69) is 26.1 Å². The van der Waals surface area contributed by atoms with Crippen LogP contribution in [0.4, 0.5) is 0 Å².